The van der Waals surface area contributed by atoms with E-state index >= 15 is 0 Å². The molecule has 13 heteroatoms. The number of halogens is 3. The molecule has 0 radical (unpaired) electrons. The van der Waals surface area contributed by atoms with E-state index in [9.17, 15) is 19.2 Å². The molecule has 3 amide bonds. The Hall–Kier alpha value is -3.09. The molecular formula is C34H26BrCl2N3O5S2. The average molecular weight is 772 g/mol. The summed E-state index contributed by atoms with van der Waals surface area (Å²) < 4.78 is 7.00. The minimum atomic E-state index is -0.427. The number of aromatic amines is 1. The minimum Gasteiger partial charge on any atom is -0.483 e. The molecule has 4 aromatic rings. The first-order valence-electron chi connectivity index (χ1n) is 15.1. The zero-order valence-electron chi connectivity index (χ0n) is 24.7. The zero-order chi connectivity index (χ0) is 32.7. The van der Waals surface area contributed by atoms with E-state index in [0.717, 1.165) is 31.9 Å². The molecule has 2 bridgehead atoms. The van der Waals surface area contributed by atoms with Gasteiger partial charge in [0.2, 0.25) is 11.8 Å². The zero-order valence-corrected chi connectivity index (χ0v) is 29.4. The SMILES string of the molecule is Cc1ccc(N2C(=O)[C@H]3[C@H]4C[C@@H]([C@@H]3C2=O)[C@@H]2[C@H](c3cc(Br)ccc3OCC(=O)Nc3ccc(Cl)c(Cl)c3)c3sc(=O)[nH]c3S[C@H]42)cc1. The number of amides is 3. The molecule has 0 unspecified atom stereocenters. The third kappa shape index (κ3) is 5.17. The molecule has 1 aromatic heterocycles. The predicted octanol–water partition coefficient (Wildman–Crippen LogP) is 7.51. The van der Waals surface area contributed by atoms with Crippen LogP contribution in [-0.4, -0.2) is 34.6 Å². The van der Waals surface area contributed by atoms with Gasteiger partial charge >= 0.3 is 4.87 Å². The van der Waals surface area contributed by atoms with Crippen molar-refractivity contribution in [2.24, 2.45) is 29.6 Å². The molecule has 2 N–H and O–H groups in total. The molecule has 3 heterocycles. The van der Waals surface area contributed by atoms with E-state index in [2.05, 4.69) is 26.2 Å². The number of imide groups is 1. The number of thioether (sulfide) groups is 1. The molecule has 2 saturated carbocycles. The van der Waals surface area contributed by atoms with Crippen molar-refractivity contribution in [1.82, 2.24) is 4.98 Å². The van der Waals surface area contributed by atoms with Gasteiger partial charge in [-0.05, 0) is 79.6 Å². The highest BCUT2D eigenvalue weighted by atomic mass is 79.9. The Morgan fingerprint density at radius 1 is 1.00 bits per heavy atom. The number of benzene rings is 3. The molecular weight excluding hydrogens is 745 g/mol. The molecule has 4 aliphatic rings. The molecule has 7 atom stereocenters. The summed E-state index contributed by atoms with van der Waals surface area (Å²) in [5, 5.41) is 4.31. The van der Waals surface area contributed by atoms with E-state index in [0.29, 0.717) is 27.2 Å². The van der Waals surface area contributed by atoms with Crippen LogP contribution < -0.4 is 19.8 Å². The second-order valence-electron chi connectivity index (χ2n) is 12.5. The lowest BCUT2D eigenvalue weighted by Crippen LogP contribution is -2.42. The Morgan fingerprint density at radius 3 is 2.49 bits per heavy atom. The van der Waals surface area contributed by atoms with E-state index in [-0.39, 0.29) is 58.1 Å². The van der Waals surface area contributed by atoms with Crippen molar-refractivity contribution < 1.29 is 19.1 Å². The largest absolute Gasteiger partial charge is 0.483 e. The number of rotatable bonds is 6. The Bertz CT molecular complexity index is 2030. The standard InChI is InChI=1S/C34H26BrCl2N3O5S2/c1-14-2-6-17(7-3-14)40-32(42)27-19-12-20(28(27)33(40)43)29-26(19)25(30-31(46-29)39-34(44)47-30)18-10-15(35)4-9-23(18)45-13-24(41)38-16-5-8-21(36)22(37)11-16/h2-11,19-20,25-29H,12-13H2,1H3,(H,38,41)(H,39,44)/t19-,20-,25+,26-,27+,28+,29-/m1/s1. The number of aryl methyl sites for hydroxylation is 1. The molecule has 240 valence electrons. The Morgan fingerprint density at radius 2 is 1.74 bits per heavy atom. The maximum atomic E-state index is 14.1. The van der Waals surface area contributed by atoms with Crippen molar-refractivity contribution >= 4 is 91.3 Å². The van der Waals surface area contributed by atoms with Gasteiger partial charge in [0.05, 0.1) is 32.6 Å². The fourth-order valence-electron chi connectivity index (χ4n) is 8.12. The first-order chi connectivity index (χ1) is 22.6. The van der Waals surface area contributed by atoms with E-state index in [4.69, 9.17) is 27.9 Å². The number of anilines is 2. The molecule has 3 aromatic carbocycles. The van der Waals surface area contributed by atoms with Crippen LogP contribution in [0.2, 0.25) is 10.0 Å². The van der Waals surface area contributed by atoms with Gasteiger partial charge in [-0.3, -0.25) is 24.1 Å². The number of H-pyrrole nitrogens is 1. The third-order valence-corrected chi connectivity index (χ3v) is 13.7. The summed E-state index contributed by atoms with van der Waals surface area (Å²) in [7, 11) is 0. The second-order valence-corrected chi connectivity index (χ2v) is 16.4. The van der Waals surface area contributed by atoms with Crippen LogP contribution in [0.25, 0.3) is 0 Å². The minimum absolute atomic E-state index is 0.0144. The lowest BCUT2D eigenvalue weighted by molar-refractivity contribution is -0.123. The van der Waals surface area contributed by atoms with Crippen LogP contribution in [0.15, 0.2) is 75.0 Å². The molecule has 3 fully saturated rings. The normalized spacial score (nSPS) is 27.1. The number of nitrogens with one attached hydrogen (secondary N) is 2. The van der Waals surface area contributed by atoms with E-state index in [1.54, 1.807) is 30.0 Å². The maximum Gasteiger partial charge on any atom is 0.305 e. The third-order valence-electron chi connectivity index (χ3n) is 9.89. The van der Waals surface area contributed by atoms with Gasteiger partial charge in [-0.15, -0.1) is 11.8 Å². The smallest absolute Gasteiger partial charge is 0.305 e. The van der Waals surface area contributed by atoms with Crippen LogP contribution in [0.5, 0.6) is 5.75 Å². The Labute approximate surface area is 296 Å². The molecule has 47 heavy (non-hydrogen) atoms. The predicted molar refractivity (Wildman–Crippen MR) is 187 cm³/mol. The molecule has 8 rings (SSSR count). The molecule has 2 aliphatic heterocycles. The van der Waals surface area contributed by atoms with Crippen LogP contribution >= 0.6 is 62.2 Å². The van der Waals surface area contributed by atoms with Crippen LogP contribution in [0, 0.1) is 36.5 Å². The Kier molecular flexibility index (Phi) is 7.83. The summed E-state index contributed by atoms with van der Waals surface area (Å²) in [4.78, 5) is 58.9. The van der Waals surface area contributed by atoms with Gasteiger partial charge in [0.1, 0.15) is 5.75 Å². The van der Waals surface area contributed by atoms with Crippen LogP contribution in [0.1, 0.15) is 28.3 Å². The van der Waals surface area contributed by atoms with Crippen molar-refractivity contribution in [3.63, 3.8) is 0 Å². The van der Waals surface area contributed by atoms with Gasteiger partial charge in [-0.1, -0.05) is 68.2 Å². The summed E-state index contributed by atoms with van der Waals surface area (Å²) in [5.74, 6) is -1.34. The molecule has 1 saturated heterocycles. The number of thiazole rings is 1. The van der Waals surface area contributed by atoms with E-state index < -0.39 is 11.8 Å². The second kappa shape index (κ2) is 11.8. The van der Waals surface area contributed by atoms with E-state index in [1.807, 2.05) is 49.4 Å². The lowest BCUT2D eigenvalue weighted by Gasteiger charge is -2.43. The van der Waals surface area contributed by atoms with Gasteiger partial charge in [0, 0.05) is 31.8 Å². The van der Waals surface area contributed by atoms with Crippen molar-refractivity contribution in [1.29, 1.82) is 0 Å². The molecule has 8 nitrogen and oxygen atoms in total. The average Bonchev–Trinajstić information content (AvgIpc) is 3.78. The Balaban J connectivity index is 1.13. The van der Waals surface area contributed by atoms with Crippen LogP contribution in [0.4, 0.5) is 11.4 Å². The molecule has 2 aliphatic carbocycles. The maximum absolute atomic E-state index is 14.1. The quantitative estimate of drug-likeness (QED) is 0.197. The number of carbonyl (C=O) groups excluding carboxylic acids is 3. The number of ether oxygens (including phenoxy) is 1. The number of hydrogen-bond donors (Lipinski definition) is 2. The summed E-state index contributed by atoms with van der Waals surface area (Å²) in [6.07, 6.45) is 0.767. The number of fused-ring (bicyclic) bond motifs is 9. The summed E-state index contributed by atoms with van der Waals surface area (Å²) in [6.45, 7) is 1.70. The lowest BCUT2D eigenvalue weighted by atomic mass is 9.68. The topological polar surface area (TPSA) is 109 Å². The highest BCUT2D eigenvalue weighted by Crippen LogP contribution is 2.69. The first-order valence-corrected chi connectivity index (χ1v) is 18.3. The van der Waals surface area contributed by atoms with Gasteiger partial charge in [0.25, 0.3) is 5.91 Å². The number of hydrogen-bond acceptors (Lipinski definition) is 7. The van der Waals surface area contributed by atoms with Gasteiger partial charge in [-0.2, -0.15) is 0 Å². The fraction of sp³-hybridized carbons (Fsp3) is 0.294. The van der Waals surface area contributed by atoms with Crippen molar-refractivity contribution in [2.45, 2.75) is 29.5 Å². The van der Waals surface area contributed by atoms with Crippen LogP contribution in [-0.2, 0) is 14.4 Å². The van der Waals surface area contributed by atoms with Crippen molar-refractivity contribution in [3.05, 3.63) is 101 Å². The van der Waals surface area contributed by atoms with Crippen molar-refractivity contribution in [2.75, 3.05) is 16.8 Å². The first kappa shape index (κ1) is 31.2. The number of carbonyl (C=O) groups is 3. The highest BCUT2D eigenvalue weighted by molar-refractivity contribution is 9.10. The summed E-state index contributed by atoms with van der Waals surface area (Å²) in [5.41, 5.74) is 2.98. The fourth-order valence-corrected chi connectivity index (χ4v) is 11.7. The van der Waals surface area contributed by atoms with Gasteiger partial charge in [-0.25, -0.2) is 0 Å². The van der Waals surface area contributed by atoms with Gasteiger partial charge < -0.3 is 15.0 Å². The summed E-state index contributed by atoms with van der Waals surface area (Å²) in [6, 6.07) is 18.0. The van der Waals surface area contributed by atoms with Gasteiger partial charge in [0.15, 0.2) is 6.61 Å². The van der Waals surface area contributed by atoms with Crippen molar-refractivity contribution in [3.8, 4) is 5.75 Å². The highest BCUT2D eigenvalue weighted by Gasteiger charge is 2.69. The van der Waals surface area contributed by atoms with Crippen LogP contribution in [0.3, 0.4) is 0 Å². The monoisotopic (exact) mass is 769 g/mol. The molecule has 0 spiro atoms. The number of nitrogens with zero attached hydrogens (tertiary/aromatic N) is 1. The summed E-state index contributed by atoms with van der Waals surface area (Å²) >= 11 is 18.6. The number of aromatic nitrogens is 1. The van der Waals surface area contributed by atoms with E-state index in [1.165, 1.54) is 16.2 Å².